The Morgan fingerprint density at radius 2 is 2.00 bits per heavy atom. The molecule has 0 aliphatic carbocycles. The highest BCUT2D eigenvalue weighted by Gasteiger charge is 2.23. The summed E-state index contributed by atoms with van der Waals surface area (Å²) in [5.41, 5.74) is 1.22. The Balaban J connectivity index is 1.91. The molecule has 0 aromatic heterocycles. The van der Waals surface area contributed by atoms with E-state index in [4.69, 9.17) is 9.47 Å². The Labute approximate surface area is 128 Å². The van der Waals surface area contributed by atoms with E-state index in [0.29, 0.717) is 5.92 Å². The minimum atomic E-state index is 0.716. The second kappa shape index (κ2) is 7.55. The van der Waals surface area contributed by atoms with Gasteiger partial charge >= 0.3 is 0 Å². The van der Waals surface area contributed by atoms with E-state index in [9.17, 15) is 0 Å². The lowest BCUT2D eigenvalue weighted by Gasteiger charge is -2.20. The minimum Gasteiger partial charge on any atom is -0.493 e. The summed E-state index contributed by atoms with van der Waals surface area (Å²) >= 11 is 0. The van der Waals surface area contributed by atoms with E-state index in [1.807, 2.05) is 6.07 Å². The van der Waals surface area contributed by atoms with E-state index in [2.05, 4.69) is 36.2 Å². The summed E-state index contributed by atoms with van der Waals surface area (Å²) in [6.45, 7) is 8.94. The van der Waals surface area contributed by atoms with Crippen LogP contribution >= 0.6 is 0 Å². The molecule has 4 nitrogen and oxygen atoms in total. The molecule has 0 spiro atoms. The summed E-state index contributed by atoms with van der Waals surface area (Å²) in [5.74, 6) is 3.04. The Hall–Kier alpha value is -1.42. The SMILES string of the molecule is COc1ccc(N2CCC(CNCC(C)C)C2)cc1OC. The molecule has 2 rings (SSSR count). The molecule has 0 amide bonds. The van der Waals surface area contributed by atoms with Crippen LogP contribution < -0.4 is 19.7 Å². The van der Waals surface area contributed by atoms with Crippen LogP contribution in [0.3, 0.4) is 0 Å². The summed E-state index contributed by atoms with van der Waals surface area (Å²) in [4.78, 5) is 2.43. The van der Waals surface area contributed by atoms with Crippen LogP contribution in [0.15, 0.2) is 18.2 Å². The molecule has 1 unspecified atom stereocenters. The van der Waals surface area contributed by atoms with E-state index in [-0.39, 0.29) is 0 Å². The summed E-state index contributed by atoms with van der Waals surface area (Å²) in [6.07, 6.45) is 1.25. The van der Waals surface area contributed by atoms with E-state index >= 15 is 0 Å². The highest BCUT2D eigenvalue weighted by molar-refractivity contribution is 5.56. The lowest BCUT2D eigenvalue weighted by atomic mass is 10.1. The van der Waals surface area contributed by atoms with Crippen molar-refractivity contribution in [1.29, 1.82) is 0 Å². The normalized spacial score (nSPS) is 18.3. The summed E-state index contributed by atoms with van der Waals surface area (Å²) in [7, 11) is 3.36. The minimum absolute atomic E-state index is 0.716. The van der Waals surface area contributed by atoms with Gasteiger partial charge in [-0.3, -0.25) is 0 Å². The van der Waals surface area contributed by atoms with E-state index < -0.39 is 0 Å². The first-order chi connectivity index (χ1) is 10.1. The third kappa shape index (κ3) is 4.27. The van der Waals surface area contributed by atoms with Crippen LogP contribution in [0.4, 0.5) is 5.69 Å². The van der Waals surface area contributed by atoms with Gasteiger partial charge in [-0.25, -0.2) is 0 Å². The lowest BCUT2D eigenvalue weighted by molar-refractivity contribution is 0.355. The summed E-state index contributed by atoms with van der Waals surface area (Å²) < 4.78 is 10.7. The fraction of sp³-hybridized carbons (Fsp3) is 0.647. The van der Waals surface area contributed by atoms with E-state index in [0.717, 1.165) is 43.6 Å². The molecular weight excluding hydrogens is 264 g/mol. The second-order valence-corrected chi connectivity index (χ2v) is 6.19. The molecule has 4 heteroatoms. The van der Waals surface area contributed by atoms with Gasteiger partial charge in [-0.2, -0.15) is 0 Å². The van der Waals surface area contributed by atoms with Gasteiger partial charge in [0.2, 0.25) is 0 Å². The van der Waals surface area contributed by atoms with Gasteiger partial charge in [0.1, 0.15) is 0 Å². The van der Waals surface area contributed by atoms with Gasteiger partial charge in [0.15, 0.2) is 11.5 Å². The van der Waals surface area contributed by atoms with Crippen LogP contribution in [0, 0.1) is 11.8 Å². The van der Waals surface area contributed by atoms with Gasteiger partial charge in [0.25, 0.3) is 0 Å². The van der Waals surface area contributed by atoms with Crippen molar-refractivity contribution < 1.29 is 9.47 Å². The number of nitrogens with one attached hydrogen (secondary N) is 1. The average Bonchev–Trinajstić information content (AvgIpc) is 2.95. The van der Waals surface area contributed by atoms with Crippen LogP contribution in [0.5, 0.6) is 11.5 Å². The maximum absolute atomic E-state index is 5.39. The molecule has 1 aliphatic rings. The van der Waals surface area contributed by atoms with Crippen LogP contribution in [0.1, 0.15) is 20.3 Å². The average molecular weight is 292 g/mol. The monoisotopic (exact) mass is 292 g/mol. The third-order valence-corrected chi connectivity index (χ3v) is 4.00. The molecular formula is C17H28N2O2. The van der Waals surface area contributed by atoms with Crippen LogP contribution in [0.2, 0.25) is 0 Å². The van der Waals surface area contributed by atoms with Crippen molar-refractivity contribution >= 4 is 5.69 Å². The second-order valence-electron chi connectivity index (χ2n) is 6.19. The molecule has 1 atom stereocenters. The van der Waals surface area contributed by atoms with Crippen molar-refractivity contribution in [3.8, 4) is 11.5 Å². The summed E-state index contributed by atoms with van der Waals surface area (Å²) in [5, 5.41) is 3.57. The van der Waals surface area contributed by atoms with Crippen molar-refractivity contribution in [2.75, 3.05) is 45.3 Å². The number of benzene rings is 1. The molecule has 1 saturated heterocycles. The van der Waals surface area contributed by atoms with Crippen molar-refractivity contribution in [3.05, 3.63) is 18.2 Å². The van der Waals surface area contributed by atoms with Gasteiger partial charge in [0.05, 0.1) is 14.2 Å². The largest absolute Gasteiger partial charge is 0.493 e. The number of rotatable bonds is 7. The number of hydrogen-bond donors (Lipinski definition) is 1. The third-order valence-electron chi connectivity index (χ3n) is 4.00. The summed E-state index contributed by atoms with van der Waals surface area (Å²) in [6, 6.07) is 6.17. The molecule has 1 aliphatic heterocycles. The zero-order chi connectivity index (χ0) is 15.2. The fourth-order valence-corrected chi connectivity index (χ4v) is 2.83. The van der Waals surface area contributed by atoms with Gasteiger partial charge in [0, 0.05) is 24.8 Å². The molecule has 0 bridgehead atoms. The molecule has 1 aromatic rings. The van der Waals surface area contributed by atoms with Crippen LogP contribution in [-0.4, -0.2) is 40.4 Å². The first-order valence-electron chi connectivity index (χ1n) is 7.81. The van der Waals surface area contributed by atoms with Gasteiger partial charge in [-0.1, -0.05) is 13.8 Å². The number of ether oxygens (including phenoxy) is 2. The standard InChI is InChI=1S/C17H28N2O2/c1-13(2)10-18-11-14-7-8-19(12-14)15-5-6-16(20-3)17(9-15)21-4/h5-6,9,13-14,18H,7-8,10-12H2,1-4H3. The molecule has 21 heavy (non-hydrogen) atoms. The van der Waals surface area contributed by atoms with Crippen molar-refractivity contribution in [2.24, 2.45) is 11.8 Å². The zero-order valence-electron chi connectivity index (χ0n) is 13.7. The van der Waals surface area contributed by atoms with E-state index in [1.165, 1.54) is 12.1 Å². The molecule has 1 N–H and O–H groups in total. The first kappa shape index (κ1) is 16.0. The molecule has 0 radical (unpaired) electrons. The molecule has 1 fully saturated rings. The highest BCUT2D eigenvalue weighted by atomic mass is 16.5. The Morgan fingerprint density at radius 1 is 1.24 bits per heavy atom. The molecule has 1 aromatic carbocycles. The van der Waals surface area contributed by atoms with Crippen molar-refractivity contribution in [3.63, 3.8) is 0 Å². The smallest absolute Gasteiger partial charge is 0.162 e. The quantitative estimate of drug-likeness (QED) is 0.838. The number of nitrogens with zero attached hydrogens (tertiary/aromatic N) is 1. The maximum atomic E-state index is 5.39. The topological polar surface area (TPSA) is 33.7 Å². The van der Waals surface area contributed by atoms with Crippen molar-refractivity contribution in [2.45, 2.75) is 20.3 Å². The Morgan fingerprint density at radius 3 is 2.67 bits per heavy atom. The predicted molar refractivity (Wildman–Crippen MR) is 87.6 cm³/mol. The van der Waals surface area contributed by atoms with Crippen LogP contribution in [0.25, 0.3) is 0 Å². The van der Waals surface area contributed by atoms with Gasteiger partial charge in [-0.15, -0.1) is 0 Å². The van der Waals surface area contributed by atoms with Gasteiger partial charge in [-0.05, 0) is 43.5 Å². The number of hydrogen-bond acceptors (Lipinski definition) is 4. The maximum Gasteiger partial charge on any atom is 0.162 e. The highest BCUT2D eigenvalue weighted by Crippen LogP contribution is 2.33. The zero-order valence-corrected chi connectivity index (χ0v) is 13.7. The molecule has 118 valence electrons. The first-order valence-corrected chi connectivity index (χ1v) is 7.81. The van der Waals surface area contributed by atoms with Gasteiger partial charge < -0.3 is 19.7 Å². The molecule has 0 saturated carbocycles. The number of anilines is 1. The van der Waals surface area contributed by atoms with Crippen molar-refractivity contribution in [1.82, 2.24) is 5.32 Å². The van der Waals surface area contributed by atoms with Crippen LogP contribution in [-0.2, 0) is 0 Å². The Kier molecular flexibility index (Phi) is 5.74. The Bertz CT molecular complexity index is 448. The fourth-order valence-electron chi connectivity index (χ4n) is 2.83. The van der Waals surface area contributed by atoms with E-state index in [1.54, 1.807) is 14.2 Å². The molecule has 1 heterocycles. The predicted octanol–water partition coefficient (Wildman–Crippen LogP) is 2.78. The number of methoxy groups -OCH3 is 2. The lowest BCUT2D eigenvalue weighted by Crippen LogP contribution is -2.28.